The zero-order chi connectivity index (χ0) is 13.7. The molecule has 0 aliphatic rings. The smallest absolute Gasteiger partial charge is 0.219 e. The van der Waals surface area contributed by atoms with Crippen molar-refractivity contribution < 1.29 is 4.74 Å². The fourth-order valence-electron chi connectivity index (χ4n) is 1.66. The highest BCUT2D eigenvalue weighted by Gasteiger charge is 2.03. The van der Waals surface area contributed by atoms with Gasteiger partial charge in [-0.3, -0.25) is 0 Å². The molecule has 1 aromatic carbocycles. The van der Waals surface area contributed by atoms with Crippen molar-refractivity contribution in [2.45, 2.75) is 25.8 Å². The van der Waals surface area contributed by atoms with Crippen molar-refractivity contribution in [2.24, 2.45) is 5.73 Å². The summed E-state index contributed by atoms with van der Waals surface area (Å²) in [4.78, 5) is 4.30. The molecular formula is C15H17IN2O. The molecule has 0 spiro atoms. The lowest BCUT2D eigenvalue weighted by molar-refractivity contribution is 0.462. The van der Waals surface area contributed by atoms with Crippen molar-refractivity contribution in [3.8, 4) is 11.6 Å². The molecule has 0 saturated heterocycles. The van der Waals surface area contributed by atoms with E-state index in [0.29, 0.717) is 5.88 Å². The molecule has 0 bridgehead atoms. The molecule has 1 unspecified atom stereocenters. The molecule has 19 heavy (non-hydrogen) atoms. The number of rotatable bonds is 5. The van der Waals surface area contributed by atoms with Crippen LogP contribution in [-0.2, 0) is 6.42 Å². The van der Waals surface area contributed by atoms with Crippen LogP contribution in [-0.4, -0.2) is 11.0 Å². The summed E-state index contributed by atoms with van der Waals surface area (Å²) in [5, 5.41) is 0. The van der Waals surface area contributed by atoms with Crippen LogP contribution in [0.2, 0.25) is 0 Å². The lowest BCUT2D eigenvalue weighted by atomic mass is 10.1. The first-order valence-electron chi connectivity index (χ1n) is 6.31. The summed E-state index contributed by atoms with van der Waals surface area (Å²) < 4.78 is 6.86. The number of ether oxygens (including phenoxy) is 1. The number of hydrogen-bond donors (Lipinski definition) is 1. The Labute approximate surface area is 127 Å². The Morgan fingerprint density at radius 3 is 2.53 bits per heavy atom. The molecule has 2 aromatic rings. The highest BCUT2D eigenvalue weighted by Crippen LogP contribution is 2.20. The highest BCUT2D eigenvalue weighted by molar-refractivity contribution is 14.1. The fraction of sp³-hybridized carbons (Fsp3) is 0.267. The second-order valence-corrected chi connectivity index (χ2v) is 5.68. The lowest BCUT2D eigenvalue weighted by Gasteiger charge is -2.09. The van der Waals surface area contributed by atoms with Gasteiger partial charge in [-0.1, -0.05) is 13.0 Å². The molecule has 0 saturated carbocycles. The Bertz CT molecular complexity index is 511. The minimum Gasteiger partial charge on any atom is -0.439 e. The molecule has 0 amide bonds. The van der Waals surface area contributed by atoms with Crippen molar-refractivity contribution in [1.29, 1.82) is 0 Å². The minimum atomic E-state index is 0.199. The van der Waals surface area contributed by atoms with Gasteiger partial charge in [0.05, 0.1) is 0 Å². The third-order valence-corrected chi connectivity index (χ3v) is 3.58. The van der Waals surface area contributed by atoms with Gasteiger partial charge in [-0.05, 0) is 65.3 Å². The first-order valence-corrected chi connectivity index (χ1v) is 7.39. The highest BCUT2D eigenvalue weighted by atomic mass is 127. The van der Waals surface area contributed by atoms with Gasteiger partial charge in [-0.25, -0.2) is 4.98 Å². The third-order valence-electron chi connectivity index (χ3n) is 2.86. The van der Waals surface area contributed by atoms with Crippen LogP contribution >= 0.6 is 22.6 Å². The van der Waals surface area contributed by atoms with Crippen LogP contribution in [0.25, 0.3) is 0 Å². The van der Waals surface area contributed by atoms with E-state index in [9.17, 15) is 0 Å². The van der Waals surface area contributed by atoms with E-state index in [4.69, 9.17) is 10.5 Å². The van der Waals surface area contributed by atoms with Gasteiger partial charge in [0.1, 0.15) is 5.75 Å². The monoisotopic (exact) mass is 368 g/mol. The maximum atomic E-state index is 5.92. The van der Waals surface area contributed by atoms with Gasteiger partial charge in [0.2, 0.25) is 5.88 Å². The Morgan fingerprint density at radius 1 is 1.21 bits per heavy atom. The molecule has 1 aromatic heterocycles. The van der Waals surface area contributed by atoms with Crippen LogP contribution in [0.15, 0.2) is 42.6 Å². The standard InChI is InChI=1S/C15H17IN2O/c1-2-13(17)9-11-3-8-15(18-10-11)19-14-6-4-12(16)5-7-14/h3-8,10,13H,2,9,17H2,1H3. The number of halogens is 1. The summed E-state index contributed by atoms with van der Waals surface area (Å²) in [7, 11) is 0. The van der Waals surface area contributed by atoms with Crippen LogP contribution in [0.1, 0.15) is 18.9 Å². The van der Waals surface area contributed by atoms with E-state index in [1.165, 1.54) is 3.57 Å². The Balaban J connectivity index is 2.00. The van der Waals surface area contributed by atoms with Gasteiger partial charge in [-0.2, -0.15) is 0 Å². The number of benzene rings is 1. The minimum absolute atomic E-state index is 0.199. The topological polar surface area (TPSA) is 48.1 Å². The summed E-state index contributed by atoms with van der Waals surface area (Å²) in [6.07, 6.45) is 3.66. The number of nitrogens with zero attached hydrogens (tertiary/aromatic N) is 1. The fourth-order valence-corrected chi connectivity index (χ4v) is 2.02. The van der Waals surface area contributed by atoms with Crippen molar-refractivity contribution in [3.63, 3.8) is 0 Å². The molecule has 4 heteroatoms. The first-order chi connectivity index (χ1) is 9.17. The van der Waals surface area contributed by atoms with E-state index in [1.807, 2.05) is 42.6 Å². The molecule has 100 valence electrons. The quantitative estimate of drug-likeness (QED) is 0.818. The normalized spacial score (nSPS) is 12.2. The van der Waals surface area contributed by atoms with E-state index < -0.39 is 0 Å². The molecule has 3 nitrogen and oxygen atoms in total. The zero-order valence-corrected chi connectivity index (χ0v) is 13.0. The van der Waals surface area contributed by atoms with Crippen molar-refractivity contribution >= 4 is 22.6 Å². The van der Waals surface area contributed by atoms with E-state index in [2.05, 4.69) is 34.5 Å². The van der Waals surface area contributed by atoms with Gasteiger partial charge < -0.3 is 10.5 Å². The molecule has 1 atom stereocenters. The predicted molar refractivity (Wildman–Crippen MR) is 85.4 cm³/mol. The first kappa shape index (κ1) is 14.3. The Kier molecular flexibility index (Phi) is 5.15. The molecule has 2 rings (SSSR count). The summed E-state index contributed by atoms with van der Waals surface area (Å²) in [5.74, 6) is 1.40. The van der Waals surface area contributed by atoms with Crippen LogP contribution in [0, 0.1) is 3.57 Å². The predicted octanol–water partition coefficient (Wildman–Crippen LogP) is 3.76. The van der Waals surface area contributed by atoms with Crippen molar-refractivity contribution in [2.75, 3.05) is 0 Å². The van der Waals surface area contributed by atoms with Gasteiger partial charge in [0, 0.05) is 21.9 Å². The molecule has 0 fully saturated rings. The van der Waals surface area contributed by atoms with E-state index in [-0.39, 0.29) is 6.04 Å². The SMILES string of the molecule is CCC(N)Cc1ccc(Oc2ccc(I)cc2)nc1. The molecule has 2 N–H and O–H groups in total. The largest absolute Gasteiger partial charge is 0.439 e. The number of pyridine rings is 1. The Morgan fingerprint density at radius 2 is 1.95 bits per heavy atom. The van der Waals surface area contributed by atoms with Crippen LogP contribution in [0.4, 0.5) is 0 Å². The molecule has 0 aliphatic carbocycles. The second kappa shape index (κ2) is 6.86. The summed E-state index contributed by atoms with van der Waals surface area (Å²) >= 11 is 2.26. The number of aromatic nitrogens is 1. The maximum absolute atomic E-state index is 5.92. The second-order valence-electron chi connectivity index (χ2n) is 4.43. The van der Waals surface area contributed by atoms with Gasteiger partial charge in [0.25, 0.3) is 0 Å². The summed E-state index contributed by atoms with van der Waals surface area (Å²) in [6, 6.07) is 12.0. The molecule has 0 aliphatic heterocycles. The van der Waals surface area contributed by atoms with Gasteiger partial charge in [-0.15, -0.1) is 0 Å². The lowest BCUT2D eigenvalue weighted by Crippen LogP contribution is -2.21. The summed E-state index contributed by atoms with van der Waals surface area (Å²) in [6.45, 7) is 2.09. The van der Waals surface area contributed by atoms with E-state index in [0.717, 1.165) is 24.2 Å². The van der Waals surface area contributed by atoms with Gasteiger partial charge in [0.15, 0.2) is 0 Å². The van der Waals surface area contributed by atoms with E-state index in [1.54, 1.807) is 0 Å². The zero-order valence-electron chi connectivity index (χ0n) is 10.8. The van der Waals surface area contributed by atoms with Crippen LogP contribution in [0.3, 0.4) is 0 Å². The Hall–Kier alpha value is -1.14. The van der Waals surface area contributed by atoms with Crippen molar-refractivity contribution in [1.82, 2.24) is 4.98 Å². The average Bonchev–Trinajstić information content (AvgIpc) is 2.43. The molecular weight excluding hydrogens is 351 g/mol. The van der Waals surface area contributed by atoms with Crippen molar-refractivity contribution in [3.05, 3.63) is 51.7 Å². The van der Waals surface area contributed by atoms with Crippen LogP contribution in [0.5, 0.6) is 11.6 Å². The van der Waals surface area contributed by atoms with Gasteiger partial charge >= 0.3 is 0 Å². The summed E-state index contributed by atoms with van der Waals surface area (Å²) in [5.41, 5.74) is 7.06. The maximum Gasteiger partial charge on any atom is 0.219 e. The average molecular weight is 368 g/mol. The number of nitrogens with two attached hydrogens (primary N) is 1. The van der Waals surface area contributed by atoms with E-state index >= 15 is 0 Å². The number of hydrogen-bond acceptors (Lipinski definition) is 3. The van der Waals surface area contributed by atoms with Crippen LogP contribution < -0.4 is 10.5 Å². The third kappa shape index (κ3) is 4.47. The molecule has 0 radical (unpaired) electrons. The molecule has 1 heterocycles.